The van der Waals surface area contributed by atoms with Gasteiger partial charge in [-0.05, 0) is 29.8 Å². The monoisotopic (exact) mass is 288 g/mol. The molecule has 0 amide bonds. The first kappa shape index (κ1) is 14.7. The number of rotatable bonds is 5. The lowest BCUT2D eigenvalue weighted by Gasteiger charge is -2.12. The molecule has 0 fully saturated rings. The Morgan fingerprint density at radius 1 is 1.29 bits per heavy atom. The highest BCUT2D eigenvalue weighted by molar-refractivity contribution is 5.86. The molecule has 0 aliphatic carbocycles. The van der Waals surface area contributed by atoms with E-state index in [1.807, 2.05) is 0 Å². The minimum atomic E-state index is -0.701. The van der Waals surface area contributed by atoms with Gasteiger partial charge in [-0.25, -0.2) is 4.79 Å². The Balaban J connectivity index is 1.93. The Labute approximate surface area is 121 Å². The van der Waals surface area contributed by atoms with E-state index in [0.29, 0.717) is 11.5 Å². The number of hydrogen-bond acceptors (Lipinski definition) is 7. The predicted molar refractivity (Wildman–Crippen MR) is 77.7 cm³/mol. The van der Waals surface area contributed by atoms with Gasteiger partial charge in [0.15, 0.2) is 5.69 Å². The number of esters is 1. The van der Waals surface area contributed by atoms with Gasteiger partial charge in [0, 0.05) is 12.2 Å². The van der Waals surface area contributed by atoms with Crippen molar-refractivity contribution in [1.29, 1.82) is 0 Å². The molecule has 2 rings (SSSR count). The second-order valence-electron chi connectivity index (χ2n) is 4.36. The molecule has 7 heteroatoms. The number of aliphatic hydroxyl groups is 1. The fourth-order valence-corrected chi connectivity index (χ4v) is 1.68. The van der Waals surface area contributed by atoms with Gasteiger partial charge in [0.2, 0.25) is 0 Å². The van der Waals surface area contributed by atoms with Gasteiger partial charge in [0.05, 0.1) is 13.2 Å². The van der Waals surface area contributed by atoms with Crippen LogP contribution < -0.4 is 11.1 Å². The molecular weight excluding hydrogens is 272 g/mol. The number of nitrogens with zero attached hydrogens (tertiary/aromatic N) is 2. The summed E-state index contributed by atoms with van der Waals surface area (Å²) in [6, 6.07) is 10.1. The molecule has 0 radical (unpaired) electrons. The van der Waals surface area contributed by atoms with E-state index in [0.717, 1.165) is 5.56 Å². The van der Waals surface area contributed by atoms with Crippen LogP contribution in [-0.4, -0.2) is 34.9 Å². The molecule has 21 heavy (non-hydrogen) atoms. The average molecular weight is 288 g/mol. The topological polar surface area (TPSA) is 110 Å². The van der Waals surface area contributed by atoms with Crippen molar-refractivity contribution in [2.75, 3.05) is 24.7 Å². The second kappa shape index (κ2) is 6.67. The molecule has 7 nitrogen and oxygen atoms in total. The van der Waals surface area contributed by atoms with E-state index < -0.39 is 12.1 Å². The van der Waals surface area contributed by atoms with Crippen molar-refractivity contribution in [2.24, 2.45) is 0 Å². The fourth-order valence-electron chi connectivity index (χ4n) is 1.68. The lowest BCUT2D eigenvalue weighted by Crippen LogP contribution is -2.14. The lowest BCUT2D eigenvalue weighted by molar-refractivity contribution is 0.0592. The van der Waals surface area contributed by atoms with Crippen molar-refractivity contribution >= 4 is 17.5 Å². The third kappa shape index (κ3) is 3.90. The summed E-state index contributed by atoms with van der Waals surface area (Å²) in [5, 5.41) is 20.5. The molecule has 0 bridgehead atoms. The smallest absolute Gasteiger partial charge is 0.358 e. The third-order valence-electron chi connectivity index (χ3n) is 2.86. The van der Waals surface area contributed by atoms with Crippen LogP contribution in [0.25, 0.3) is 0 Å². The van der Waals surface area contributed by atoms with Crippen molar-refractivity contribution in [3.05, 3.63) is 47.7 Å². The zero-order valence-corrected chi connectivity index (χ0v) is 11.5. The van der Waals surface area contributed by atoms with Crippen LogP contribution in [0.4, 0.5) is 11.5 Å². The van der Waals surface area contributed by atoms with Gasteiger partial charge in [0.1, 0.15) is 5.82 Å². The molecule has 1 aromatic heterocycles. The van der Waals surface area contributed by atoms with E-state index in [1.54, 1.807) is 30.3 Å². The van der Waals surface area contributed by atoms with E-state index >= 15 is 0 Å². The number of nitrogens with two attached hydrogens (primary N) is 1. The zero-order chi connectivity index (χ0) is 15.2. The Hall–Kier alpha value is -2.67. The molecule has 4 N–H and O–H groups in total. The summed E-state index contributed by atoms with van der Waals surface area (Å²) in [5.41, 5.74) is 7.10. The molecule has 2 aromatic rings. The summed E-state index contributed by atoms with van der Waals surface area (Å²) in [7, 11) is 1.28. The number of nitrogens with one attached hydrogen (secondary N) is 1. The molecule has 0 aliphatic rings. The third-order valence-corrected chi connectivity index (χ3v) is 2.86. The van der Waals surface area contributed by atoms with Crippen LogP contribution in [0.2, 0.25) is 0 Å². The van der Waals surface area contributed by atoms with Crippen molar-refractivity contribution in [3.8, 4) is 0 Å². The molecule has 1 aromatic carbocycles. The van der Waals surface area contributed by atoms with Gasteiger partial charge in [-0.15, -0.1) is 10.2 Å². The van der Waals surface area contributed by atoms with Gasteiger partial charge in [-0.3, -0.25) is 0 Å². The van der Waals surface area contributed by atoms with Gasteiger partial charge in [0.25, 0.3) is 0 Å². The number of carbonyl (C=O) groups is 1. The van der Waals surface area contributed by atoms with Crippen molar-refractivity contribution in [3.63, 3.8) is 0 Å². The molecule has 0 saturated heterocycles. The number of aliphatic hydroxyl groups excluding tert-OH is 1. The van der Waals surface area contributed by atoms with Gasteiger partial charge >= 0.3 is 5.97 Å². The maximum absolute atomic E-state index is 11.2. The summed E-state index contributed by atoms with van der Waals surface area (Å²) in [5.74, 6) is -0.0897. The molecule has 0 aliphatic heterocycles. The number of methoxy groups -OCH3 is 1. The number of carbonyl (C=O) groups excluding carboxylic acids is 1. The maximum Gasteiger partial charge on any atom is 0.358 e. The number of nitrogen functional groups attached to an aromatic ring is 1. The number of aromatic nitrogens is 2. The van der Waals surface area contributed by atoms with Crippen LogP contribution in [0.15, 0.2) is 36.4 Å². The summed E-state index contributed by atoms with van der Waals surface area (Å²) >= 11 is 0. The van der Waals surface area contributed by atoms with Gasteiger partial charge in [-0.2, -0.15) is 0 Å². The Morgan fingerprint density at radius 3 is 2.57 bits per heavy atom. The molecule has 1 atom stereocenters. The van der Waals surface area contributed by atoms with Crippen LogP contribution in [0, 0.1) is 0 Å². The molecule has 1 heterocycles. The normalized spacial score (nSPS) is 11.7. The van der Waals surface area contributed by atoms with Crippen LogP contribution in [0.5, 0.6) is 0 Å². The van der Waals surface area contributed by atoms with E-state index in [9.17, 15) is 9.90 Å². The first-order valence-corrected chi connectivity index (χ1v) is 6.29. The highest BCUT2D eigenvalue weighted by atomic mass is 16.5. The predicted octanol–water partition coefficient (Wildman–Crippen LogP) is 0.991. The van der Waals surface area contributed by atoms with Crippen molar-refractivity contribution < 1.29 is 14.6 Å². The quantitative estimate of drug-likeness (QED) is 0.556. The van der Waals surface area contributed by atoms with Gasteiger partial charge in [-0.1, -0.05) is 12.1 Å². The van der Waals surface area contributed by atoms with E-state index in [-0.39, 0.29) is 12.2 Å². The molecular formula is C14H16N4O3. The second-order valence-corrected chi connectivity index (χ2v) is 4.36. The Kier molecular flexibility index (Phi) is 4.68. The number of benzene rings is 1. The summed E-state index contributed by atoms with van der Waals surface area (Å²) in [6.07, 6.45) is -0.701. The van der Waals surface area contributed by atoms with Crippen molar-refractivity contribution in [2.45, 2.75) is 6.10 Å². The van der Waals surface area contributed by atoms with Crippen LogP contribution >= 0.6 is 0 Å². The largest absolute Gasteiger partial charge is 0.464 e. The summed E-state index contributed by atoms with van der Waals surface area (Å²) in [4.78, 5) is 11.2. The zero-order valence-electron chi connectivity index (χ0n) is 11.5. The number of hydrogen-bond donors (Lipinski definition) is 3. The van der Waals surface area contributed by atoms with Crippen LogP contribution in [0.1, 0.15) is 22.2 Å². The fraction of sp³-hybridized carbons (Fsp3) is 0.214. The molecule has 110 valence electrons. The average Bonchev–Trinajstić information content (AvgIpc) is 2.53. The van der Waals surface area contributed by atoms with Crippen molar-refractivity contribution in [1.82, 2.24) is 10.2 Å². The Bertz CT molecular complexity index is 599. The van der Waals surface area contributed by atoms with E-state index in [2.05, 4.69) is 20.3 Å². The number of ether oxygens (including phenoxy) is 1. The maximum atomic E-state index is 11.2. The molecule has 0 spiro atoms. The minimum Gasteiger partial charge on any atom is -0.464 e. The standard InChI is InChI=1S/C14H16N4O3/c1-21-14(20)11-6-7-13(18-17-11)16-8-12(19)9-2-4-10(15)5-3-9/h2-7,12,19H,8,15H2,1H3,(H,16,18). The SMILES string of the molecule is COC(=O)c1ccc(NCC(O)c2ccc(N)cc2)nn1. The lowest BCUT2D eigenvalue weighted by atomic mass is 10.1. The van der Waals surface area contributed by atoms with Gasteiger partial charge < -0.3 is 20.9 Å². The van der Waals surface area contributed by atoms with E-state index in [4.69, 9.17) is 5.73 Å². The molecule has 0 saturated carbocycles. The highest BCUT2D eigenvalue weighted by Gasteiger charge is 2.10. The van der Waals surface area contributed by atoms with Crippen LogP contribution in [-0.2, 0) is 4.74 Å². The Morgan fingerprint density at radius 2 is 2.00 bits per heavy atom. The first-order valence-electron chi connectivity index (χ1n) is 6.29. The summed E-state index contributed by atoms with van der Waals surface area (Å²) < 4.78 is 4.53. The highest BCUT2D eigenvalue weighted by Crippen LogP contribution is 2.15. The minimum absolute atomic E-state index is 0.127. The molecule has 1 unspecified atom stereocenters. The van der Waals surface area contributed by atoms with E-state index in [1.165, 1.54) is 13.2 Å². The summed E-state index contributed by atoms with van der Waals surface area (Å²) in [6.45, 7) is 0.260. The first-order chi connectivity index (χ1) is 10.1. The van der Waals surface area contributed by atoms with Crippen LogP contribution in [0.3, 0.4) is 0 Å². The number of anilines is 2.